The van der Waals surface area contributed by atoms with E-state index in [4.69, 9.17) is 10.5 Å². The molecule has 0 aliphatic heterocycles. The van der Waals surface area contributed by atoms with Crippen LogP contribution in [0.2, 0.25) is 0 Å². The van der Waals surface area contributed by atoms with Gasteiger partial charge >= 0.3 is 0 Å². The molecule has 0 radical (unpaired) electrons. The highest BCUT2D eigenvalue weighted by Gasteiger charge is 2.07. The summed E-state index contributed by atoms with van der Waals surface area (Å²) in [5.74, 6) is 0.742. The first-order valence-corrected chi connectivity index (χ1v) is 4.80. The monoisotopic (exact) mass is 216 g/mol. The van der Waals surface area contributed by atoms with Crippen LogP contribution in [0.1, 0.15) is 0 Å². The van der Waals surface area contributed by atoms with Gasteiger partial charge in [0, 0.05) is 11.8 Å². The number of anilines is 1. The zero-order valence-electron chi connectivity index (χ0n) is 8.84. The van der Waals surface area contributed by atoms with Crippen molar-refractivity contribution < 1.29 is 9.84 Å². The maximum absolute atomic E-state index is 9.65. The number of ether oxygens (including phenoxy) is 1. The second-order valence-electron chi connectivity index (χ2n) is 3.33. The topological polar surface area (TPSA) is 68.4 Å². The molecule has 1 aromatic carbocycles. The number of nitrogens with two attached hydrogens (primary N) is 1. The van der Waals surface area contributed by atoms with Crippen molar-refractivity contribution in [2.24, 2.45) is 0 Å². The van der Waals surface area contributed by atoms with Gasteiger partial charge in [-0.2, -0.15) is 0 Å². The molecule has 82 valence electrons. The average Bonchev–Trinajstić information content (AvgIpc) is 2.29. The minimum absolute atomic E-state index is 0.132. The van der Waals surface area contributed by atoms with E-state index < -0.39 is 0 Å². The highest BCUT2D eigenvalue weighted by Crippen LogP contribution is 2.31. The Bertz CT molecular complexity index is 512. The third-order valence-electron chi connectivity index (χ3n) is 2.29. The van der Waals surface area contributed by atoms with Gasteiger partial charge in [0.25, 0.3) is 0 Å². The van der Waals surface area contributed by atoms with Gasteiger partial charge in [-0.15, -0.1) is 0 Å². The van der Waals surface area contributed by atoms with Crippen LogP contribution in [0.3, 0.4) is 0 Å². The van der Waals surface area contributed by atoms with Crippen molar-refractivity contribution in [3.63, 3.8) is 0 Å². The number of methoxy groups -OCH3 is 1. The van der Waals surface area contributed by atoms with E-state index in [2.05, 4.69) is 4.98 Å². The predicted molar refractivity (Wildman–Crippen MR) is 62.3 cm³/mol. The summed E-state index contributed by atoms with van der Waals surface area (Å²) in [6.07, 6.45) is 1.62. The van der Waals surface area contributed by atoms with Crippen molar-refractivity contribution >= 4 is 5.69 Å². The highest BCUT2D eigenvalue weighted by molar-refractivity contribution is 5.71. The summed E-state index contributed by atoms with van der Waals surface area (Å²) >= 11 is 0. The molecule has 2 rings (SSSR count). The molecule has 4 nitrogen and oxygen atoms in total. The molecule has 0 aliphatic rings. The van der Waals surface area contributed by atoms with Crippen LogP contribution in [0.15, 0.2) is 36.5 Å². The van der Waals surface area contributed by atoms with Gasteiger partial charge in [0.1, 0.15) is 17.2 Å². The number of pyridine rings is 1. The fraction of sp³-hybridized carbons (Fsp3) is 0.0833. The van der Waals surface area contributed by atoms with Gasteiger partial charge < -0.3 is 15.6 Å². The van der Waals surface area contributed by atoms with Gasteiger partial charge in [-0.25, -0.2) is 0 Å². The zero-order valence-corrected chi connectivity index (χ0v) is 8.84. The summed E-state index contributed by atoms with van der Waals surface area (Å²) < 4.78 is 5.06. The Hall–Kier alpha value is -2.23. The lowest BCUT2D eigenvalue weighted by molar-refractivity contribution is 0.417. The molecule has 1 aromatic heterocycles. The summed E-state index contributed by atoms with van der Waals surface area (Å²) in [5.41, 5.74) is 7.57. The van der Waals surface area contributed by atoms with Gasteiger partial charge in [-0.1, -0.05) is 0 Å². The quantitative estimate of drug-likeness (QED) is 0.754. The van der Waals surface area contributed by atoms with Crippen molar-refractivity contribution in [3.8, 4) is 22.8 Å². The van der Waals surface area contributed by atoms with Crippen LogP contribution < -0.4 is 10.5 Å². The SMILES string of the molecule is COc1ccc(-c2ncccc2O)cc1N. The minimum Gasteiger partial charge on any atom is -0.506 e. The number of benzene rings is 1. The number of hydrogen-bond acceptors (Lipinski definition) is 4. The number of hydrogen-bond donors (Lipinski definition) is 2. The third kappa shape index (κ3) is 1.77. The Kier molecular flexibility index (Phi) is 2.64. The largest absolute Gasteiger partial charge is 0.506 e. The number of aromatic hydroxyl groups is 1. The lowest BCUT2D eigenvalue weighted by Crippen LogP contribution is -1.93. The molecule has 0 saturated carbocycles. The maximum Gasteiger partial charge on any atom is 0.141 e. The summed E-state index contributed by atoms with van der Waals surface area (Å²) in [6, 6.07) is 8.53. The molecule has 0 spiro atoms. The fourth-order valence-electron chi connectivity index (χ4n) is 1.50. The molecule has 16 heavy (non-hydrogen) atoms. The van der Waals surface area contributed by atoms with Gasteiger partial charge in [0.2, 0.25) is 0 Å². The molecular weight excluding hydrogens is 204 g/mol. The van der Waals surface area contributed by atoms with Crippen molar-refractivity contribution in [1.29, 1.82) is 0 Å². The molecule has 1 heterocycles. The van der Waals surface area contributed by atoms with E-state index in [0.717, 1.165) is 5.56 Å². The summed E-state index contributed by atoms with van der Waals surface area (Å²) in [6.45, 7) is 0. The van der Waals surface area contributed by atoms with E-state index in [9.17, 15) is 5.11 Å². The first kappa shape index (κ1) is 10.3. The standard InChI is InChI=1S/C12H12N2O2/c1-16-11-5-4-8(7-9(11)13)12-10(15)3-2-6-14-12/h2-7,15H,13H2,1H3. The Morgan fingerprint density at radius 1 is 1.31 bits per heavy atom. The molecule has 3 N–H and O–H groups in total. The van der Waals surface area contributed by atoms with Gasteiger partial charge in [-0.3, -0.25) is 4.98 Å². The number of nitrogens with zero attached hydrogens (tertiary/aromatic N) is 1. The molecule has 0 aliphatic carbocycles. The van der Waals surface area contributed by atoms with Gasteiger partial charge in [0.05, 0.1) is 12.8 Å². The summed E-state index contributed by atoms with van der Waals surface area (Å²) in [5, 5.41) is 9.65. The predicted octanol–water partition coefficient (Wildman–Crippen LogP) is 2.04. The molecule has 0 bridgehead atoms. The molecule has 2 aromatic rings. The lowest BCUT2D eigenvalue weighted by Gasteiger charge is -2.07. The van der Waals surface area contributed by atoms with Crippen molar-refractivity contribution in [2.75, 3.05) is 12.8 Å². The maximum atomic E-state index is 9.65. The molecule has 0 atom stereocenters. The summed E-state index contributed by atoms with van der Waals surface area (Å²) in [7, 11) is 1.56. The molecular formula is C12H12N2O2. The minimum atomic E-state index is 0.132. The van der Waals surface area contributed by atoms with Gasteiger partial charge in [0.15, 0.2) is 0 Å². The number of nitrogen functional groups attached to an aromatic ring is 1. The third-order valence-corrected chi connectivity index (χ3v) is 2.29. The van der Waals surface area contributed by atoms with E-state index >= 15 is 0 Å². The Morgan fingerprint density at radius 3 is 2.75 bits per heavy atom. The Labute approximate surface area is 93.3 Å². The van der Waals surface area contributed by atoms with E-state index in [-0.39, 0.29) is 5.75 Å². The van der Waals surface area contributed by atoms with E-state index in [1.54, 1.807) is 43.6 Å². The lowest BCUT2D eigenvalue weighted by atomic mass is 10.1. The van der Waals surface area contributed by atoms with E-state index in [1.165, 1.54) is 0 Å². The number of rotatable bonds is 2. The van der Waals surface area contributed by atoms with Crippen LogP contribution in [-0.4, -0.2) is 17.2 Å². The van der Waals surface area contributed by atoms with Gasteiger partial charge in [-0.05, 0) is 30.3 Å². The van der Waals surface area contributed by atoms with Crippen LogP contribution in [0, 0.1) is 0 Å². The van der Waals surface area contributed by atoms with Crippen molar-refractivity contribution in [1.82, 2.24) is 4.98 Å². The second-order valence-corrected chi connectivity index (χ2v) is 3.33. The number of aromatic nitrogens is 1. The smallest absolute Gasteiger partial charge is 0.141 e. The second kappa shape index (κ2) is 4.10. The first-order chi connectivity index (χ1) is 7.72. The molecule has 0 saturated heterocycles. The van der Waals surface area contributed by atoms with Crippen molar-refractivity contribution in [3.05, 3.63) is 36.5 Å². The molecule has 0 fully saturated rings. The van der Waals surface area contributed by atoms with Crippen LogP contribution in [0.25, 0.3) is 11.3 Å². The van der Waals surface area contributed by atoms with Crippen LogP contribution in [0.4, 0.5) is 5.69 Å². The molecule has 0 amide bonds. The van der Waals surface area contributed by atoms with E-state index in [0.29, 0.717) is 17.1 Å². The Balaban J connectivity index is 2.50. The Morgan fingerprint density at radius 2 is 2.12 bits per heavy atom. The molecule has 0 unspecified atom stereocenters. The fourth-order valence-corrected chi connectivity index (χ4v) is 1.50. The summed E-state index contributed by atoms with van der Waals surface area (Å²) in [4.78, 5) is 4.10. The van der Waals surface area contributed by atoms with Crippen molar-refractivity contribution in [2.45, 2.75) is 0 Å². The normalized spacial score (nSPS) is 10.1. The first-order valence-electron chi connectivity index (χ1n) is 4.80. The van der Waals surface area contributed by atoms with Crippen LogP contribution in [0.5, 0.6) is 11.5 Å². The average molecular weight is 216 g/mol. The molecule has 4 heteroatoms. The van der Waals surface area contributed by atoms with Crippen LogP contribution >= 0.6 is 0 Å². The highest BCUT2D eigenvalue weighted by atomic mass is 16.5. The van der Waals surface area contributed by atoms with E-state index in [1.807, 2.05) is 0 Å². The van der Waals surface area contributed by atoms with Crippen LogP contribution in [-0.2, 0) is 0 Å². The zero-order chi connectivity index (χ0) is 11.5.